The van der Waals surface area contributed by atoms with E-state index in [-0.39, 0.29) is 5.91 Å². The van der Waals surface area contributed by atoms with E-state index in [4.69, 9.17) is 0 Å². The Hall–Kier alpha value is -2.68. The van der Waals surface area contributed by atoms with Crippen LogP contribution < -0.4 is 0 Å². The monoisotopic (exact) mass is 288 g/mol. The van der Waals surface area contributed by atoms with Gasteiger partial charge in [-0.3, -0.25) is 14.3 Å². The van der Waals surface area contributed by atoms with Crippen LogP contribution in [0.3, 0.4) is 0 Å². The molecule has 0 N–H and O–H groups in total. The van der Waals surface area contributed by atoms with E-state index in [1.165, 1.54) is 5.56 Å². The fourth-order valence-electron chi connectivity index (χ4n) is 3.58. The SMILES string of the molecule is CC(=O)n1c2ccccc2c2c(C)c3cnccc3c(C)c21. The van der Waals surface area contributed by atoms with Gasteiger partial charge in [-0.1, -0.05) is 18.2 Å². The van der Waals surface area contributed by atoms with E-state index in [0.717, 1.165) is 38.1 Å². The first-order chi connectivity index (χ1) is 10.6. The van der Waals surface area contributed by atoms with Crippen LogP contribution in [0.2, 0.25) is 0 Å². The van der Waals surface area contributed by atoms with E-state index in [0.29, 0.717) is 0 Å². The lowest BCUT2D eigenvalue weighted by Crippen LogP contribution is -2.06. The average Bonchev–Trinajstić information content (AvgIpc) is 2.88. The standard InChI is InChI=1S/C19H16N2O/c1-11-16-10-20-9-8-14(16)12(2)19-18(11)15-6-4-5-7-17(15)21(19)13(3)22/h4-10H,1-3H3. The van der Waals surface area contributed by atoms with Gasteiger partial charge in [0.2, 0.25) is 5.91 Å². The summed E-state index contributed by atoms with van der Waals surface area (Å²) >= 11 is 0. The molecule has 22 heavy (non-hydrogen) atoms. The molecule has 0 atom stereocenters. The highest BCUT2D eigenvalue weighted by atomic mass is 16.1. The number of benzene rings is 2. The van der Waals surface area contributed by atoms with Crippen molar-refractivity contribution in [2.75, 3.05) is 0 Å². The normalized spacial score (nSPS) is 11.6. The average molecular weight is 288 g/mol. The van der Waals surface area contributed by atoms with E-state index in [1.807, 2.05) is 35.0 Å². The summed E-state index contributed by atoms with van der Waals surface area (Å²) in [7, 11) is 0. The summed E-state index contributed by atoms with van der Waals surface area (Å²) in [5, 5.41) is 4.59. The van der Waals surface area contributed by atoms with E-state index >= 15 is 0 Å². The van der Waals surface area contributed by atoms with Crippen LogP contribution in [0.25, 0.3) is 32.6 Å². The van der Waals surface area contributed by atoms with Gasteiger partial charge in [-0.05, 0) is 42.5 Å². The third kappa shape index (κ3) is 1.51. The third-order valence-electron chi connectivity index (χ3n) is 4.55. The molecule has 0 aliphatic rings. The number of carbonyl (C=O) groups excluding carboxylic acids is 1. The van der Waals surface area contributed by atoms with Crippen molar-refractivity contribution >= 4 is 38.5 Å². The Balaban J connectivity index is 2.44. The number of pyridine rings is 1. The van der Waals surface area contributed by atoms with Crippen LogP contribution in [0.5, 0.6) is 0 Å². The summed E-state index contributed by atoms with van der Waals surface area (Å²) in [6.07, 6.45) is 3.72. The quantitative estimate of drug-likeness (QED) is 0.473. The van der Waals surface area contributed by atoms with Crippen molar-refractivity contribution in [3.05, 3.63) is 53.9 Å². The highest BCUT2D eigenvalue weighted by Gasteiger charge is 2.19. The number of carbonyl (C=O) groups is 1. The number of para-hydroxylation sites is 1. The smallest absolute Gasteiger partial charge is 0.228 e. The Morgan fingerprint density at radius 3 is 2.55 bits per heavy atom. The van der Waals surface area contributed by atoms with Crippen molar-refractivity contribution in [2.24, 2.45) is 0 Å². The van der Waals surface area contributed by atoms with Crippen molar-refractivity contribution in [1.29, 1.82) is 0 Å². The predicted octanol–water partition coefficient (Wildman–Crippen LogP) is 4.62. The molecule has 0 radical (unpaired) electrons. The van der Waals surface area contributed by atoms with Gasteiger partial charge in [0.15, 0.2) is 0 Å². The molecule has 0 bridgehead atoms. The Morgan fingerprint density at radius 2 is 1.77 bits per heavy atom. The van der Waals surface area contributed by atoms with Gasteiger partial charge in [-0.2, -0.15) is 0 Å². The summed E-state index contributed by atoms with van der Waals surface area (Å²) in [5.41, 5.74) is 4.30. The highest BCUT2D eigenvalue weighted by Crippen LogP contribution is 2.38. The lowest BCUT2D eigenvalue weighted by atomic mass is 9.97. The summed E-state index contributed by atoms with van der Waals surface area (Å²) in [6, 6.07) is 10.1. The number of rotatable bonds is 0. The molecule has 0 aliphatic heterocycles. The number of hydrogen-bond donors (Lipinski definition) is 0. The van der Waals surface area contributed by atoms with E-state index < -0.39 is 0 Å². The largest absolute Gasteiger partial charge is 0.280 e. The fourth-order valence-corrected chi connectivity index (χ4v) is 3.58. The maximum Gasteiger partial charge on any atom is 0.228 e. The number of fused-ring (bicyclic) bond motifs is 4. The molecule has 0 unspecified atom stereocenters. The first-order valence-electron chi connectivity index (χ1n) is 7.38. The molecule has 4 aromatic rings. The van der Waals surface area contributed by atoms with Crippen LogP contribution in [0.15, 0.2) is 42.7 Å². The van der Waals surface area contributed by atoms with E-state index in [2.05, 4.69) is 24.9 Å². The second-order valence-corrected chi connectivity index (χ2v) is 5.77. The molecule has 0 fully saturated rings. The molecule has 0 amide bonds. The number of aromatic nitrogens is 2. The lowest BCUT2D eigenvalue weighted by molar-refractivity contribution is 0.0946. The third-order valence-corrected chi connectivity index (χ3v) is 4.55. The summed E-state index contributed by atoms with van der Waals surface area (Å²) < 4.78 is 1.84. The van der Waals surface area contributed by atoms with Crippen LogP contribution in [-0.4, -0.2) is 15.5 Å². The van der Waals surface area contributed by atoms with Gasteiger partial charge < -0.3 is 0 Å². The maximum atomic E-state index is 12.3. The molecule has 0 spiro atoms. The van der Waals surface area contributed by atoms with Crippen LogP contribution in [-0.2, 0) is 0 Å². The maximum absolute atomic E-state index is 12.3. The Labute approximate surface area is 128 Å². The summed E-state index contributed by atoms with van der Waals surface area (Å²) in [5.74, 6) is 0.0436. The van der Waals surface area contributed by atoms with Crippen LogP contribution in [0.1, 0.15) is 22.8 Å². The lowest BCUT2D eigenvalue weighted by Gasteiger charge is -2.10. The Bertz CT molecular complexity index is 1070. The van der Waals surface area contributed by atoms with E-state index in [1.54, 1.807) is 13.1 Å². The number of hydrogen-bond acceptors (Lipinski definition) is 2. The van der Waals surface area contributed by atoms with Gasteiger partial charge in [0.1, 0.15) is 0 Å². The van der Waals surface area contributed by atoms with Gasteiger partial charge in [-0.25, -0.2) is 0 Å². The first-order valence-corrected chi connectivity index (χ1v) is 7.38. The highest BCUT2D eigenvalue weighted by molar-refractivity contribution is 6.20. The second-order valence-electron chi connectivity index (χ2n) is 5.77. The van der Waals surface area contributed by atoms with Gasteiger partial charge in [0, 0.05) is 35.5 Å². The minimum Gasteiger partial charge on any atom is -0.280 e. The zero-order valence-corrected chi connectivity index (χ0v) is 12.8. The van der Waals surface area contributed by atoms with Crippen LogP contribution >= 0.6 is 0 Å². The topological polar surface area (TPSA) is 34.9 Å². The molecule has 2 aromatic heterocycles. The molecule has 2 aromatic carbocycles. The summed E-state index contributed by atoms with van der Waals surface area (Å²) in [6.45, 7) is 5.82. The van der Waals surface area contributed by atoms with Gasteiger partial charge in [0.25, 0.3) is 0 Å². The molecular formula is C19H16N2O. The van der Waals surface area contributed by atoms with Gasteiger partial charge >= 0.3 is 0 Å². The van der Waals surface area contributed by atoms with Gasteiger partial charge in [0.05, 0.1) is 11.0 Å². The van der Waals surface area contributed by atoms with Crippen LogP contribution in [0.4, 0.5) is 0 Å². The molecule has 3 heteroatoms. The van der Waals surface area contributed by atoms with Crippen molar-refractivity contribution < 1.29 is 4.79 Å². The molecule has 0 saturated heterocycles. The zero-order chi connectivity index (χ0) is 15.4. The number of nitrogens with zero attached hydrogens (tertiary/aromatic N) is 2. The zero-order valence-electron chi connectivity index (χ0n) is 12.8. The molecule has 0 aliphatic carbocycles. The van der Waals surface area contributed by atoms with Crippen molar-refractivity contribution in [3.63, 3.8) is 0 Å². The molecule has 0 saturated carbocycles. The Kier molecular flexibility index (Phi) is 2.61. The summed E-state index contributed by atoms with van der Waals surface area (Å²) in [4.78, 5) is 16.6. The predicted molar refractivity (Wildman–Crippen MR) is 90.5 cm³/mol. The van der Waals surface area contributed by atoms with Crippen molar-refractivity contribution in [3.8, 4) is 0 Å². The molecule has 2 heterocycles. The van der Waals surface area contributed by atoms with Crippen LogP contribution in [0, 0.1) is 13.8 Å². The molecular weight excluding hydrogens is 272 g/mol. The Morgan fingerprint density at radius 1 is 1.00 bits per heavy atom. The fraction of sp³-hybridized carbons (Fsp3) is 0.158. The minimum atomic E-state index is 0.0436. The molecule has 4 rings (SSSR count). The van der Waals surface area contributed by atoms with Crippen molar-refractivity contribution in [1.82, 2.24) is 9.55 Å². The van der Waals surface area contributed by atoms with E-state index in [9.17, 15) is 4.79 Å². The molecule has 3 nitrogen and oxygen atoms in total. The minimum absolute atomic E-state index is 0.0436. The first kappa shape index (κ1) is 13.0. The molecule has 108 valence electrons. The van der Waals surface area contributed by atoms with Gasteiger partial charge in [-0.15, -0.1) is 0 Å². The second kappa shape index (κ2) is 4.41. The number of aryl methyl sites for hydroxylation is 2. The van der Waals surface area contributed by atoms with Crippen molar-refractivity contribution in [2.45, 2.75) is 20.8 Å².